The molecule has 1 aromatic carbocycles. The van der Waals surface area contributed by atoms with Gasteiger partial charge in [-0.25, -0.2) is 8.42 Å². The zero-order valence-electron chi connectivity index (χ0n) is 13.5. The number of piperazine rings is 1. The summed E-state index contributed by atoms with van der Waals surface area (Å²) in [7, 11) is -3.59. The fraction of sp³-hybridized carbons (Fsp3) is 0.312. The standard InChI is InChI=1S/C16H17ClN2O4S2/c1-11-2-3-13(20)12(10-11)16(21)18-6-8-19(9-7-18)25(22,23)15-5-4-14(17)24-15/h2-5,10,20H,6-9H2,1H3. The fourth-order valence-corrected chi connectivity index (χ4v) is 5.75. The molecular weight excluding hydrogens is 384 g/mol. The summed E-state index contributed by atoms with van der Waals surface area (Å²) in [6.07, 6.45) is 0. The van der Waals surface area contributed by atoms with E-state index < -0.39 is 10.0 Å². The third-order valence-corrected chi connectivity index (χ3v) is 7.65. The molecular formula is C16H17ClN2O4S2. The van der Waals surface area contributed by atoms with Crippen molar-refractivity contribution < 1.29 is 18.3 Å². The summed E-state index contributed by atoms with van der Waals surface area (Å²) in [4.78, 5) is 14.1. The SMILES string of the molecule is Cc1ccc(O)c(C(=O)N2CCN(S(=O)(=O)c3ccc(Cl)s3)CC2)c1. The first kappa shape index (κ1) is 18.2. The summed E-state index contributed by atoms with van der Waals surface area (Å²) in [6.45, 7) is 2.79. The quantitative estimate of drug-likeness (QED) is 0.858. The van der Waals surface area contributed by atoms with E-state index in [2.05, 4.69) is 0 Å². The summed E-state index contributed by atoms with van der Waals surface area (Å²) < 4.78 is 27.1. The molecule has 2 heterocycles. The molecule has 6 nitrogen and oxygen atoms in total. The van der Waals surface area contributed by atoms with Crippen LogP contribution < -0.4 is 0 Å². The Morgan fingerprint density at radius 2 is 1.84 bits per heavy atom. The molecule has 1 fully saturated rings. The van der Waals surface area contributed by atoms with Crippen molar-refractivity contribution in [2.75, 3.05) is 26.2 Å². The minimum absolute atomic E-state index is 0.0705. The van der Waals surface area contributed by atoms with Crippen LogP contribution in [0.2, 0.25) is 4.34 Å². The molecule has 0 bridgehead atoms. The Labute approximate surface area is 155 Å². The zero-order chi connectivity index (χ0) is 18.2. The van der Waals surface area contributed by atoms with Gasteiger partial charge in [0.2, 0.25) is 0 Å². The Kier molecular flexibility index (Phi) is 5.06. The number of carbonyl (C=O) groups excluding carboxylic acids is 1. The lowest BCUT2D eigenvalue weighted by Gasteiger charge is -2.33. The van der Waals surface area contributed by atoms with Gasteiger partial charge >= 0.3 is 0 Å². The number of hydrogen-bond donors (Lipinski definition) is 1. The lowest BCUT2D eigenvalue weighted by molar-refractivity contribution is 0.0695. The van der Waals surface area contributed by atoms with E-state index in [1.54, 1.807) is 23.1 Å². The van der Waals surface area contributed by atoms with Crippen LogP contribution in [-0.2, 0) is 10.0 Å². The van der Waals surface area contributed by atoms with Crippen LogP contribution >= 0.6 is 22.9 Å². The van der Waals surface area contributed by atoms with Gasteiger partial charge in [-0.3, -0.25) is 4.79 Å². The summed E-state index contributed by atoms with van der Waals surface area (Å²) >= 11 is 6.84. The predicted molar refractivity (Wildman–Crippen MR) is 96.8 cm³/mol. The van der Waals surface area contributed by atoms with Gasteiger partial charge in [-0.2, -0.15) is 4.31 Å². The van der Waals surface area contributed by atoms with Crippen LogP contribution in [0.4, 0.5) is 0 Å². The van der Waals surface area contributed by atoms with E-state index in [-0.39, 0.29) is 47.6 Å². The number of thiophene rings is 1. The van der Waals surface area contributed by atoms with Crippen LogP contribution in [0, 0.1) is 6.92 Å². The first-order valence-electron chi connectivity index (χ1n) is 7.63. The van der Waals surface area contributed by atoms with Crippen LogP contribution in [0.1, 0.15) is 15.9 Å². The number of phenols is 1. The molecule has 0 unspecified atom stereocenters. The second-order valence-electron chi connectivity index (χ2n) is 5.78. The number of carbonyl (C=O) groups is 1. The summed E-state index contributed by atoms with van der Waals surface area (Å²) in [5, 5.41) is 9.90. The second-order valence-corrected chi connectivity index (χ2v) is 9.66. The Hall–Kier alpha value is -1.61. The topological polar surface area (TPSA) is 77.9 Å². The number of benzene rings is 1. The van der Waals surface area contributed by atoms with E-state index in [1.165, 1.54) is 16.4 Å². The molecule has 2 aromatic rings. The average Bonchev–Trinajstić information content (AvgIpc) is 3.04. The van der Waals surface area contributed by atoms with Crippen molar-refractivity contribution in [1.29, 1.82) is 0 Å². The molecule has 25 heavy (non-hydrogen) atoms. The van der Waals surface area contributed by atoms with Crippen LogP contribution in [0.5, 0.6) is 5.75 Å². The largest absolute Gasteiger partial charge is 0.507 e. The molecule has 1 aliphatic rings. The van der Waals surface area contributed by atoms with Crippen molar-refractivity contribution in [1.82, 2.24) is 9.21 Å². The number of aromatic hydroxyl groups is 1. The molecule has 0 spiro atoms. The number of phenolic OH excluding ortho intramolecular Hbond substituents is 1. The highest BCUT2D eigenvalue weighted by Gasteiger charge is 2.31. The maximum Gasteiger partial charge on any atom is 0.257 e. The molecule has 0 aliphatic carbocycles. The lowest BCUT2D eigenvalue weighted by Crippen LogP contribution is -2.50. The van der Waals surface area contributed by atoms with Crippen LogP contribution in [0.3, 0.4) is 0 Å². The smallest absolute Gasteiger partial charge is 0.257 e. The van der Waals surface area contributed by atoms with E-state index in [9.17, 15) is 18.3 Å². The fourth-order valence-electron chi connectivity index (χ4n) is 2.69. The molecule has 1 saturated heterocycles. The van der Waals surface area contributed by atoms with Gasteiger partial charge in [0, 0.05) is 26.2 Å². The molecule has 1 amide bonds. The lowest BCUT2D eigenvalue weighted by atomic mass is 10.1. The van der Waals surface area contributed by atoms with Crippen molar-refractivity contribution in [3.05, 3.63) is 45.8 Å². The van der Waals surface area contributed by atoms with Crippen molar-refractivity contribution in [3.63, 3.8) is 0 Å². The number of nitrogens with zero attached hydrogens (tertiary/aromatic N) is 2. The number of amides is 1. The molecule has 3 rings (SSSR count). The van der Waals surface area contributed by atoms with Gasteiger partial charge in [0.1, 0.15) is 9.96 Å². The first-order valence-corrected chi connectivity index (χ1v) is 10.3. The molecule has 1 aromatic heterocycles. The molecule has 1 aliphatic heterocycles. The van der Waals surface area contributed by atoms with Crippen molar-refractivity contribution in [2.45, 2.75) is 11.1 Å². The predicted octanol–water partition coefficient (Wildman–Crippen LogP) is 2.56. The minimum atomic E-state index is -3.59. The number of rotatable bonds is 3. The molecule has 0 atom stereocenters. The Morgan fingerprint density at radius 1 is 1.16 bits per heavy atom. The maximum absolute atomic E-state index is 12.6. The van der Waals surface area contributed by atoms with E-state index in [0.29, 0.717) is 4.34 Å². The van der Waals surface area contributed by atoms with Gasteiger partial charge < -0.3 is 10.0 Å². The minimum Gasteiger partial charge on any atom is -0.507 e. The number of hydrogen-bond acceptors (Lipinski definition) is 5. The Morgan fingerprint density at radius 3 is 2.44 bits per heavy atom. The van der Waals surface area contributed by atoms with Gasteiger partial charge in [0.15, 0.2) is 0 Å². The van der Waals surface area contributed by atoms with Crippen molar-refractivity contribution in [2.24, 2.45) is 0 Å². The Bertz CT molecular complexity index is 903. The van der Waals surface area contributed by atoms with Crippen LogP contribution in [0.15, 0.2) is 34.5 Å². The highest BCUT2D eigenvalue weighted by Crippen LogP contribution is 2.29. The number of halogens is 1. The normalized spacial score (nSPS) is 16.2. The molecule has 0 saturated carbocycles. The highest BCUT2D eigenvalue weighted by molar-refractivity contribution is 7.91. The van der Waals surface area contributed by atoms with Crippen molar-refractivity contribution >= 4 is 38.9 Å². The van der Waals surface area contributed by atoms with Crippen LogP contribution in [0.25, 0.3) is 0 Å². The molecule has 9 heteroatoms. The average molecular weight is 401 g/mol. The molecule has 1 N–H and O–H groups in total. The van der Waals surface area contributed by atoms with E-state index >= 15 is 0 Å². The first-order chi connectivity index (χ1) is 11.8. The molecule has 134 valence electrons. The summed E-state index contributed by atoms with van der Waals surface area (Å²) in [5.74, 6) is -0.365. The van der Waals surface area contributed by atoms with Gasteiger partial charge in [0.05, 0.1) is 9.90 Å². The van der Waals surface area contributed by atoms with E-state index in [4.69, 9.17) is 11.6 Å². The van der Waals surface area contributed by atoms with E-state index in [1.807, 2.05) is 6.92 Å². The second kappa shape index (κ2) is 6.95. The highest BCUT2D eigenvalue weighted by atomic mass is 35.5. The van der Waals surface area contributed by atoms with Gasteiger partial charge in [-0.05, 0) is 31.2 Å². The summed E-state index contributed by atoms with van der Waals surface area (Å²) in [6, 6.07) is 7.89. The monoisotopic (exact) mass is 400 g/mol. The Balaban J connectivity index is 1.71. The van der Waals surface area contributed by atoms with Crippen LogP contribution in [-0.4, -0.2) is 54.8 Å². The molecule has 0 radical (unpaired) electrons. The maximum atomic E-state index is 12.6. The van der Waals surface area contributed by atoms with Gasteiger partial charge in [0.25, 0.3) is 15.9 Å². The third-order valence-electron chi connectivity index (χ3n) is 4.05. The summed E-state index contributed by atoms with van der Waals surface area (Å²) in [5.41, 5.74) is 1.11. The number of sulfonamides is 1. The van der Waals surface area contributed by atoms with E-state index in [0.717, 1.165) is 16.9 Å². The zero-order valence-corrected chi connectivity index (χ0v) is 15.9. The van der Waals surface area contributed by atoms with Gasteiger partial charge in [-0.1, -0.05) is 23.2 Å². The third kappa shape index (κ3) is 3.67. The number of aryl methyl sites for hydroxylation is 1. The van der Waals surface area contributed by atoms with Gasteiger partial charge in [-0.15, -0.1) is 11.3 Å². The van der Waals surface area contributed by atoms with Crippen molar-refractivity contribution in [3.8, 4) is 5.75 Å².